The molecule has 0 radical (unpaired) electrons. The predicted octanol–water partition coefficient (Wildman–Crippen LogP) is -0.698. The van der Waals surface area contributed by atoms with Crippen LogP contribution >= 0.6 is 0 Å². The van der Waals surface area contributed by atoms with Crippen LogP contribution in [0.1, 0.15) is 0 Å². The van der Waals surface area contributed by atoms with Gasteiger partial charge in [0.05, 0.1) is 4.92 Å². The number of hydrogen-bond donors (Lipinski definition) is 3. The van der Waals surface area contributed by atoms with Crippen LogP contribution in [0, 0.1) is 10.1 Å². The number of hydrogen-bond acceptors (Lipinski definition) is 6. The summed E-state index contributed by atoms with van der Waals surface area (Å²) < 4.78 is 0. The molecule has 1 rings (SSSR count). The van der Waals surface area contributed by atoms with Gasteiger partial charge in [-0.2, -0.15) is 4.98 Å². The van der Waals surface area contributed by atoms with Gasteiger partial charge in [0.25, 0.3) is 0 Å². The molecule has 4 N–H and O–H groups in total. The maximum absolute atomic E-state index is 11.0. The first-order valence-corrected chi connectivity index (χ1v) is 3.28. The summed E-state index contributed by atoms with van der Waals surface area (Å²) in [4.78, 5) is 26.1. The predicted molar refractivity (Wildman–Crippen MR) is 45.5 cm³/mol. The van der Waals surface area contributed by atoms with Crippen molar-refractivity contribution in [1.29, 1.82) is 0 Å². The quantitative estimate of drug-likeness (QED) is 0.413. The molecule has 0 unspecified atom stereocenters. The van der Waals surface area contributed by atoms with Crippen molar-refractivity contribution in [2.75, 3.05) is 18.1 Å². The lowest BCUT2D eigenvalue weighted by atomic mass is 10.5. The number of H-pyrrole nitrogens is 1. The van der Waals surface area contributed by atoms with E-state index in [0.29, 0.717) is 0 Å². The van der Waals surface area contributed by atoms with E-state index in [0.717, 1.165) is 0 Å². The van der Waals surface area contributed by atoms with Crippen LogP contribution in [0.2, 0.25) is 0 Å². The molecule has 0 spiro atoms. The molecule has 70 valence electrons. The van der Waals surface area contributed by atoms with Crippen LogP contribution in [-0.4, -0.2) is 21.9 Å². The number of nitrogens with one attached hydrogen (secondary N) is 2. The Morgan fingerprint density at radius 1 is 1.69 bits per heavy atom. The molecule has 1 aromatic heterocycles. The Kier molecular flexibility index (Phi) is 2.13. The highest BCUT2D eigenvalue weighted by atomic mass is 16.6. The zero-order chi connectivity index (χ0) is 10.0. The standard InChI is InChI=1S/C5H7N5O3/c1-7-3-2(10(12)13)4(11)9-5(6)8-3/h1H3,(H4,6,7,8,9,11). The second-order valence-electron chi connectivity index (χ2n) is 2.16. The van der Waals surface area contributed by atoms with Crippen LogP contribution in [0.3, 0.4) is 0 Å². The number of nitrogen functional groups attached to an aromatic ring is 1. The van der Waals surface area contributed by atoms with Gasteiger partial charge in [0.15, 0.2) is 0 Å². The smallest absolute Gasteiger partial charge is 0.369 e. The number of anilines is 2. The second-order valence-corrected chi connectivity index (χ2v) is 2.16. The van der Waals surface area contributed by atoms with E-state index in [1.807, 2.05) is 4.98 Å². The lowest BCUT2D eigenvalue weighted by molar-refractivity contribution is -0.385. The summed E-state index contributed by atoms with van der Waals surface area (Å²) in [6.07, 6.45) is 0. The third kappa shape index (κ3) is 1.55. The van der Waals surface area contributed by atoms with Crippen LogP contribution in [0.15, 0.2) is 4.79 Å². The Morgan fingerprint density at radius 3 is 2.77 bits per heavy atom. The van der Waals surface area contributed by atoms with Gasteiger partial charge in [0, 0.05) is 7.05 Å². The van der Waals surface area contributed by atoms with Crippen LogP contribution < -0.4 is 16.6 Å². The Morgan fingerprint density at radius 2 is 2.31 bits per heavy atom. The first-order chi connectivity index (χ1) is 6.06. The minimum absolute atomic E-state index is 0.147. The molecule has 0 bridgehead atoms. The molecule has 0 aromatic carbocycles. The highest BCUT2D eigenvalue weighted by Gasteiger charge is 2.20. The zero-order valence-electron chi connectivity index (χ0n) is 6.70. The molecule has 1 aromatic rings. The van der Waals surface area contributed by atoms with Crippen molar-refractivity contribution in [1.82, 2.24) is 9.97 Å². The van der Waals surface area contributed by atoms with E-state index in [4.69, 9.17) is 5.73 Å². The molecule has 0 amide bonds. The Hall–Kier alpha value is -2.12. The second kappa shape index (κ2) is 3.09. The van der Waals surface area contributed by atoms with Gasteiger partial charge in [-0.15, -0.1) is 0 Å². The highest BCUT2D eigenvalue weighted by molar-refractivity contribution is 5.55. The van der Waals surface area contributed by atoms with E-state index in [2.05, 4.69) is 10.3 Å². The summed E-state index contributed by atoms with van der Waals surface area (Å²) in [6.45, 7) is 0. The minimum atomic E-state index is -0.873. The highest BCUT2D eigenvalue weighted by Crippen LogP contribution is 2.15. The summed E-state index contributed by atoms with van der Waals surface area (Å²) >= 11 is 0. The first-order valence-electron chi connectivity index (χ1n) is 3.28. The van der Waals surface area contributed by atoms with Crippen molar-refractivity contribution in [3.63, 3.8) is 0 Å². The molecule has 8 nitrogen and oxygen atoms in total. The fraction of sp³-hybridized carbons (Fsp3) is 0.200. The van der Waals surface area contributed by atoms with Gasteiger partial charge < -0.3 is 11.1 Å². The maximum Gasteiger partial charge on any atom is 0.375 e. The molecule has 0 aliphatic carbocycles. The van der Waals surface area contributed by atoms with Crippen molar-refractivity contribution in [2.45, 2.75) is 0 Å². The molecule has 0 aliphatic rings. The van der Waals surface area contributed by atoms with E-state index in [-0.39, 0.29) is 11.8 Å². The van der Waals surface area contributed by atoms with E-state index >= 15 is 0 Å². The Bertz CT molecular complexity index is 398. The van der Waals surface area contributed by atoms with E-state index in [1.54, 1.807) is 0 Å². The van der Waals surface area contributed by atoms with Crippen molar-refractivity contribution >= 4 is 17.5 Å². The molecule has 8 heteroatoms. The molecular weight excluding hydrogens is 178 g/mol. The topological polar surface area (TPSA) is 127 Å². The van der Waals surface area contributed by atoms with Gasteiger partial charge in [0.2, 0.25) is 11.8 Å². The largest absolute Gasteiger partial charge is 0.375 e. The summed E-state index contributed by atoms with van der Waals surface area (Å²) in [5, 5.41) is 12.8. The summed E-state index contributed by atoms with van der Waals surface area (Å²) in [5.41, 5.74) is 3.66. The third-order valence-corrected chi connectivity index (χ3v) is 1.33. The van der Waals surface area contributed by atoms with Gasteiger partial charge in [-0.3, -0.25) is 19.9 Å². The van der Waals surface area contributed by atoms with Crippen LogP contribution in [0.4, 0.5) is 17.5 Å². The molecule has 0 atom stereocenters. The monoisotopic (exact) mass is 185 g/mol. The van der Waals surface area contributed by atoms with Crippen molar-refractivity contribution < 1.29 is 4.92 Å². The van der Waals surface area contributed by atoms with E-state index < -0.39 is 16.2 Å². The molecule has 13 heavy (non-hydrogen) atoms. The molecular formula is C5H7N5O3. The third-order valence-electron chi connectivity index (χ3n) is 1.33. The Labute approximate surface area is 71.9 Å². The summed E-state index contributed by atoms with van der Waals surface area (Å²) in [6, 6.07) is 0. The average molecular weight is 185 g/mol. The summed E-state index contributed by atoms with van der Waals surface area (Å²) in [5.74, 6) is -0.314. The fourth-order valence-electron chi connectivity index (χ4n) is 0.828. The SMILES string of the molecule is CNc1nc(N)[nH]c(=O)c1[N+](=O)[O-]. The van der Waals surface area contributed by atoms with Crippen LogP contribution in [0.5, 0.6) is 0 Å². The molecule has 0 aliphatic heterocycles. The number of nitro groups is 1. The lowest BCUT2D eigenvalue weighted by Gasteiger charge is -1.99. The van der Waals surface area contributed by atoms with Crippen molar-refractivity contribution in [2.24, 2.45) is 0 Å². The van der Waals surface area contributed by atoms with Crippen LogP contribution in [0.25, 0.3) is 0 Å². The number of nitrogens with zero attached hydrogens (tertiary/aromatic N) is 2. The lowest BCUT2D eigenvalue weighted by Crippen LogP contribution is -2.17. The van der Waals surface area contributed by atoms with Gasteiger partial charge in [0.1, 0.15) is 0 Å². The van der Waals surface area contributed by atoms with Crippen molar-refractivity contribution in [3.05, 3.63) is 20.5 Å². The number of aromatic nitrogens is 2. The van der Waals surface area contributed by atoms with E-state index in [1.165, 1.54) is 7.05 Å². The molecule has 1 heterocycles. The number of aromatic amines is 1. The maximum atomic E-state index is 11.0. The molecule has 0 saturated heterocycles. The number of rotatable bonds is 2. The van der Waals surface area contributed by atoms with Gasteiger partial charge >= 0.3 is 11.2 Å². The fourth-order valence-corrected chi connectivity index (χ4v) is 0.828. The molecule has 0 saturated carbocycles. The zero-order valence-corrected chi connectivity index (χ0v) is 6.70. The van der Waals surface area contributed by atoms with Crippen LogP contribution in [-0.2, 0) is 0 Å². The summed E-state index contributed by atoms with van der Waals surface area (Å²) in [7, 11) is 1.41. The van der Waals surface area contributed by atoms with Crippen molar-refractivity contribution in [3.8, 4) is 0 Å². The first kappa shape index (κ1) is 8.97. The minimum Gasteiger partial charge on any atom is -0.369 e. The molecule has 0 fully saturated rings. The average Bonchev–Trinajstić information content (AvgIpc) is 2.01. The normalized spacial score (nSPS) is 9.62. The van der Waals surface area contributed by atoms with E-state index in [9.17, 15) is 14.9 Å². The Balaban J connectivity index is 3.48. The number of nitrogens with two attached hydrogens (primary N) is 1. The van der Waals surface area contributed by atoms with Gasteiger partial charge in [-0.25, -0.2) is 0 Å². The van der Waals surface area contributed by atoms with Gasteiger partial charge in [-0.05, 0) is 0 Å². The van der Waals surface area contributed by atoms with Gasteiger partial charge in [-0.1, -0.05) is 0 Å².